The average molecular weight is 278 g/mol. The molecule has 6 heteroatoms. The van der Waals surface area contributed by atoms with Crippen molar-refractivity contribution >= 4 is 11.6 Å². The van der Waals surface area contributed by atoms with Crippen LogP contribution in [0, 0.1) is 10.1 Å². The number of nitrogens with zero attached hydrogens (tertiary/aromatic N) is 1. The quantitative estimate of drug-likeness (QED) is 0.677. The number of non-ortho nitro benzene ring substituents is 1. The maximum Gasteiger partial charge on any atom is 0.269 e. The van der Waals surface area contributed by atoms with E-state index in [1.807, 2.05) is 0 Å². The van der Waals surface area contributed by atoms with Crippen molar-refractivity contribution in [2.24, 2.45) is 0 Å². The molecule has 0 unspecified atom stereocenters. The van der Waals surface area contributed by atoms with Crippen LogP contribution in [-0.2, 0) is 4.79 Å². The van der Waals surface area contributed by atoms with Gasteiger partial charge in [0.05, 0.1) is 11.0 Å². The third kappa shape index (κ3) is 3.94. The molecule has 0 aliphatic heterocycles. The summed E-state index contributed by atoms with van der Waals surface area (Å²) in [4.78, 5) is 21.1. The Kier molecular flexibility index (Phi) is 4.55. The SMILES string of the molecule is CC(=O)NC1CCC(Oc2ccc([N+](=O)[O-])cc2)CC1. The lowest BCUT2D eigenvalue weighted by Crippen LogP contribution is -2.38. The van der Waals surface area contributed by atoms with E-state index in [0.717, 1.165) is 25.7 Å². The highest BCUT2D eigenvalue weighted by Gasteiger charge is 2.22. The Morgan fingerprint density at radius 1 is 1.25 bits per heavy atom. The number of nitrogens with one attached hydrogen (secondary N) is 1. The maximum absolute atomic E-state index is 11.0. The van der Waals surface area contributed by atoms with Gasteiger partial charge < -0.3 is 10.1 Å². The number of hydrogen-bond acceptors (Lipinski definition) is 4. The van der Waals surface area contributed by atoms with Gasteiger partial charge in [-0.25, -0.2) is 0 Å². The normalized spacial score (nSPS) is 22.1. The van der Waals surface area contributed by atoms with Crippen molar-refractivity contribution in [2.45, 2.75) is 44.8 Å². The first-order valence-electron chi connectivity index (χ1n) is 6.73. The van der Waals surface area contributed by atoms with Crippen LogP contribution in [0.1, 0.15) is 32.6 Å². The Morgan fingerprint density at radius 2 is 1.85 bits per heavy atom. The van der Waals surface area contributed by atoms with Gasteiger partial charge in [0.15, 0.2) is 0 Å². The van der Waals surface area contributed by atoms with Crippen molar-refractivity contribution in [1.29, 1.82) is 0 Å². The van der Waals surface area contributed by atoms with E-state index in [1.165, 1.54) is 19.1 Å². The van der Waals surface area contributed by atoms with E-state index in [0.29, 0.717) is 5.75 Å². The maximum atomic E-state index is 11.0. The number of hydrogen-bond donors (Lipinski definition) is 1. The topological polar surface area (TPSA) is 81.5 Å². The Bertz CT molecular complexity index is 478. The molecular formula is C14H18N2O4. The summed E-state index contributed by atoms with van der Waals surface area (Å²) in [5, 5.41) is 13.5. The second-order valence-electron chi connectivity index (χ2n) is 5.04. The molecule has 1 saturated carbocycles. The average Bonchev–Trinajstić information content (AvgIpc) is 2.41. The molecule has 0 saturated heterocycles. The number of ether oxygens (including phenoxy) is 1. The summed E-state index contributed by atoms with van der Waals surface area (Å²) in [7, 11) is 0. The molecule has 0 spiro atoms. The highest BCUT2D eigenvalue weighted by molar-refractivity contribution is 5.73. The van der Waals surface area contributed by atoms with E-state index in [-0.39, 0.29) is 23.7 Å². The summed E-state index contributed by atoms with van der Waals surface area (Å²) in [5.41, 5.74) is 0.0618. The summed E-state index contributed by atoms with van der Waals surface area (Å²) in [6, 6.07) is 6.37. The first-order valence-corrected chi connectivity index (χ1v) is 6.73. The second kappa shape index (κ2) is 6.36. The van der Waals surface area contributed by atoms with E-state index in [1.54, 1.807) is 12.1 Å². The molecule has 108 valence electrons. The van der Waals surface area contributed by atoms with Crippen molar-refractivity contribution in [3.05, 3.63) is 34.4 Å². The zero-order valence-corrected chi connectivity index (χ0v) is 11.4. The van der Waals surface area contributed by atoms with E-state index in [2.05, 4.69) is 5.32 Å². The van der Waals surface area contributed by atoms with Gasteiger partial charge in [0.1, 0.15) is 5.75 Å². The fraction of sp³-hybridized carbons (Fsp3) is 0.500. The molecular weight excluding hydrogens is 260 g/mol. The molecule has 2 rings (SSSR count). The van der Waals surface area contributed by atoms with Crippen LogP contribution < -0.4 is 10.1 Å². The monoisotopic (exact) mass is 278 g/mol. The minimum atomic E-state index is -0.428. The molecule has 1 aliphatic rings. The number of nitro benzene ring substituents is 1. The second-order valence-corrected chi connectivity index (χ2v) is 5.04. The highest BCUT2D eigenvalue weighted by atomic mass is 16.6. The molecule has 1 amide bonds. The molecule has 0 aromatic heterocycles. The lowest BCUT2D eigenvalue weighted by Gasteiger charge is -2.29. The van der Waals surface area contributed by atoms with Crippen LogP contribution in [0.2, 0.25) is 0 Å². The highest BCUT2D eigenvalue weighted by Crippen LogP contribution is 2.25. The standard InChI is InChI=1S/C14H18N2O4/c1-10(17)15-11-2-6-13(7-3-11)20-14-8-4-12(5-9-14)16(18)19/h4-5,8-9,11,13H,2-3,6-7H2,1H3,(H,15,17). The molecule has 1 fully saturated rings. The van der Waals surface area contributed by atoms with Crippen LogP contribution in [-0.4, -0.2) is 23.0 Å². The lowest BCUT2D eigenvalue weighted by molar-refractivity contribution is -0.384. The molecule has 1 N–H and O–H groups in total. The molecule has 0 radical (unpaired) electrons. The minimum Gasteiger partial charge on any atom is -0.490 e. The van der Waals surface area contributed by atoms with E-state index in [9.17, 15) is 14.9 Å². The Balaban J connectivity index is 1.83. The first-order chi connectivity index (χ1) is 9.54. The van der Waals surface area contributed by atoms with Crippen LogP contribution in [0.25, 0.3) is 0 Å². The van der Waals surface area contributed by atoms with E-state index < -0.39 is 4.92 Å². The van der Waals surface area contributed by atoms with Crippen LogP contribution >= 0.6 is 0 Å². The van der Waals surface area contributed by atoms with Crippen molar-refractivity contribution in [2.75, 3.05) is 0 Å². The van der Waals surface area contributed by atoms with E-state index in [4.69, 9.17) is 4.74 Å². The number of nitro groups is 1. The van der Waals surface area contributed by atoms with Gasteiger partial charge in [-0.3, -0.25) is 14.9 Å². The molecule has 0 heterocycles. The number of benzene rings is 1. The third-order valence-corrected chi connectivity index (χ3v) is 3.43. The first kappa shape index (κ1) is 14.3. The summed E-state index contributed by atoms with van der Waals surface area (Å²) >= 11 is 0. The molecule has 6 nitrogen and oxygen atoms in total. The van der Waals surface area contributed by atoms with Crippen molar-refractivity contribution < 1.29 is 14.5 Å². The number of amides is 1. The van der Waals surface area contributed by atoms with Gasteiger partial charge in [0.2, 0.25) is 5.91 Å². The molecule has 20 heavy (non-hydrogen) atoms. The van der Waals surface area contributed by atoms with Gasteiger partial charge in [0, 0.05) is 25.1 Å². The largest absolute Gasteiger partial charge is 0.490 e. The van der Waals surface area contributed by atoms with Gasteiger partial charge in [-0.2, -0.15) is 0 Å². The smallest absolute Gasteiger partial charge is 0.269 e. The Hall–Kier alpha value is -2.11. The number of rotatable bonds is 4. The summed E-state index contributed by atoms with van der Waals surface area (Å²) < 4.78 is 5.81. The Labute approximate surface area is 117 Å². The molecule has 0 bridgehead atoms. The lowest BCUT2D eigenvalue weighted by atomic mass is 9.93. The molecule has 1 aromatic carbocycles. The van der Waals surface area contributed by atoms with Gasteiger partial charge in [-0.1, -0.05) is 0 Å². The zero-order chi connectivity index (χ0) is 14.5. The molecule has 1 aliphatic carbocycles. The predicted octanol–water partition coefficient (Wildman–Crippen LogP) is 2.42. The fourth-order valence-electron chi connectivity index (χ4n) is 2.45. The van der Waals surface area contributed by atoms with Crippen molar-refractivity contribution in [3.8, 4) is 5.75 Å². The summed E-state index contributed by atoms with van der Waals surface area (Å²) in [6.07, 6.45) is 3.67. The number of carbonyl (C=O) groups excluding carboxylic acids is 1. The van der Waals surface area contributed by atoms with Gasteiger partial charge in [-0.15, -0.1) is 0 Å². The van der Waals surface area contributed by atoms with E-state index >= 15 is 0 Å². The van der Waals surface area contributed by atoms with Crippen LogP contribution in [0.4, 0.5) is 5.69 Å². The van der Waals surface area contributed by atoms with Crippen LogP contribution in [0.5, 0.6) is 5.75 Å². The van der Waals surface area contributed by atoms with Crippen molar-refractivity contribution in [1.82, 2.24) is 5.32 Å². The fourth-order valence-corrected chi connectivity index (χ4v) is 2.45. The van der Waals surface area contributed by atoms with Gasteiger partial charge in [-0.05, 0) is 37.8 Å². The third-order valence-electron chi connectivity index (χ3n) is 3.43. The Morgan fingerprint density at radius 3 is 2.35 bits per heavy atom. The predicted molar refractivity (Wildman–Crippen MR) is 73.6 cm³/mol. The minimum absolute atomic E-state index is 0.00439. The van der Waals surface area contributed by atoms with Crippen molar-refractivity contribution in [3.63, 3.8) is 0 Å². The molecule has 0 atom stereocenters. The van der Waals surface area contributed by atoms with Gasteiger partial charge >= 0.3 is 0 Å². The summed E-state index contributed by atoms with van der Waals surface area (Å²) in [6.45, 7) is 1.53. The zero-order valence-electron chi connectivity index (χ0n) is 11.4. The van der Waals surface area contributed by atoms with Crippen LogP contribution in [0.15, 0.2) is 24.3 Å². The van der Waals surface area contributed by atoms with Crippen LogP contribution in [0.3, 0.4) is 0 Å². The summed E-state index contributed by atoms with van der Waals surface area (Å²) in [5.74, 6) is 0.656. The number of carbonyl (C=O) groups is 1. The molecule has 1 aromatic rings. The van der Waals surface area contributed by atoms with Gasteiger partial charge in [0.25, 0.3) is 5.69 Å².